The highest BCUT2D eigenvalue weighted by Gasteiger charge is 2.20. The van der Waals surface area contributed by atoms with Crippen LogP contribution in [0.4, 0.5) is 5.69 Å². The van der Waals surface area contributed by atoms with Gasteiger partial charge in [0.15, 0.2) is 5.78 Å². The number of nitrogen functional groups attached to an aromatic ring is 1. The second kappa shape index (κ2) is 6.74. The van der Waals surface area contributed by atoms with Crippen molar-refractivity contribution in [2.24, 2.45) is 0 Å². The first-order valence-electron chi connectivity index (χ1n) is 6.69. The lowest BCUT2D eigenvalue weighted by atomic mass is 9.96. The lowest BCUT2D eigenvalue weighted by Crippen LogP contribution is -2.13. The smallest absolute Gasteiger partial charge is 0.338 e. The summed E-state index contributed by atoms with van der Waals surface area (Å²) in [4.78, 5) is 35.9. The van der Waals surface area contributed by atoms with Crippen molar-refractivity contribution in [1.29, 1.82) is 0 Å². The average molecular weight is 313 g/mol. The predicted octanol–water partition coefficient (Wildman–Crippen LogP) is 2.07. The number of anilines is 1. The summed E-state index contributed by atoms with van der Waals surface area (Å²) in [5, 5.41) is 0. The highest BCUT2D eigenvalue weighted by Crippen LogP contribution is 2.21. The maximum Gasteiger partial charge on any atom is 0.338 e. The molecule has 2 aromatic carbocycles. The fourth-order valence-electron chi connectivity index (χ4n) is 2.13. The molecule has 6 nitrogen and oxygen atoms in total. The molecule has 0 radical (unpaired) electrons. The summed E-state index contributed by atoms with van der Waals surface area (Å²) in [6, 6.07) is 10.5. The van der Waals surface area contributed by atoms with Crippen LogP contribution in [0.5, 0.6) is 0 Å². The predicted molar refractivity (Wildman–Crippen MR) is 83.4 cm³/mol. The first-order chi connectivity index (χ1) is 11.0. The number of rotatable bonds is 4. The highest BCUT2D eigenvalue weighted by atomic mass is 16.5. The van der Waals surface area contributed by atoms with Gasteiger partial charge in [0.2, 0.25) is 0 Å². The van der Waals surface area contributed by atoms with E-state index in [9.17, 15) is 14.4 Å². The quantitative estimate of drug-likeness (QED) is 0.527. The van der Waals surface area contributed by atoms with E-state index in [-0.39, 0.29) is 27.9 Å². The monoisotopic (exact) mass is 313 g/mol. The van der Waals surface area contributed by atoms with Gasteiger partial charge in [-0.05, 0) is 24.3 Å². The molecule has 0 aliphatic rings. The minimum absolute atomic E-state index is 0.123. The topological polar surface area (TPSA) is 95.7 Å². The third kappa shape index (κ3) is 3.21. The summed E-state index contributed by atoms with van der Waals surface area (Å²) in [6.45, 7) is 0. The van der Waals surface area contributed by atoms with Crippen LogP contribution < -0.4 is 5.73 Å². The third-order valence-corrected chi connectivity index (χ3v) is 3.29. The van der Waals surface area contributed by atoms with E-state index in [1.54, 1.807) is 12.1 Å². The Morgan fingerprint density at radius 2 is 1.43 bits per heavy atom. The molecule has 0 atom stereocenters. The standard InChI is InChI=1S/C17H15NO5/c1-22-16(20)10-7-8-13(14(18)9-10)15(19)11-5-3-4-6-12(11)17(21)23-2/h3-9H,18H2,1-2H3. The summed E-state index contributed by atoms with van der Waals surface area (Å²) in [6.07, 6.45) is 0. The molecule has 2 N–H and O–H groups in total. The Kier molecular flexibility index (Phi) is 4.75. The van der Waals surface area contributed by atoms with E-state index < -0.39 is 17.7 Å². The molecular formula is C17H15NO5. The number of hydrogen-bond acceptors (Lipinski definition) is 6. The normalized spacial score (nSPS) is 10.0. The molecule has 0 aliphatic heterocycles. The van der Waals surface area contributed by atoms with Crippen LogP contribution in [-0.2, 0) is 9.47 Å². The molecule has 2 aromatic rings. The lowest BCUT2D eigenvalue weighted by molar-refractivity contribution is 0.0591. The maximum atomic E-state index is 12.7. The molecule has 6 heteroatoms. The molecule has 0 bridgehead atoms. The van der Waals surface area contributed by atoms with Crippen molar-refractivity contribution in [3.05, 3.63) is 64.7 Å². The Balaban J connectivity index is 2.46. The second-order valence-corrected chi connectivity index (χ2v) is 4.66. The summed E-state index contributed by atoms with van der Waals surface area (Å²) in [5.74, 6) is -1.59. The molecule has 0 saturated carbocycles. The van der Waals surface area contributed by atoms with Gasteiger partial charge in [-0.1, -0.05) is 18.2 Å². The molecule has 0 heterocycles. The zero-order valence-electron chi connectivity index (χ0n) is 12.7. The van der Waals surface area contributed by atoms with Crippen molar-refractivity contribution in [2.75, 3.05) is 20.0 Å². The van der Waals surface area contributed by atoms with Gasteiger partial charge in [-0.3, -0.25) is 4.79 Å². The average Bonchev–Trinajstić information content (AvgIpc) is 2.59. The second-order valence-electron chi connectivity index (χ2n) is 4.66. The van der Waals surface area contributed by atoms with Crippen LogP contribution in [0.1, 0.15) is 36.6 Å². The highest BCUT2D eigenvalue weighted by molar-refractivity contribution is 6.17. The van der Waals surface area contributed by atoms with E-state index in [2.05, 4.69) is 9.47 Å². The van der Waals surface area contributed by atoms with E-state index in [1.165, 1.54) is 44.6 Å². The molecule has 0 aliphatic carbocycles. The number of esters is 2. The van der Waals surface area contributed by atoms with Gasteiger partial charge in [-0.15, -0.1) is 0 Å². The van der Waals surface area contributed by atoms with E-state index >= 15 is 0 Å². The first kappa shape index (κ1) is 16.2. The summed E-state index contributed by atoms with van der Waals surface area (Å²) < 4.78 is 9.28. The van der Waals surface area contributed by atoms with Crippen molar-refractivity contribution >= 4 is 23.4 Å². The van der Waals surface area contributed by atoms with Gasteiger partial charge in [0.05, 0.1) is 25.3 Å². The van der Waals surface area contributed by atoms with Crippen LogP contribution in [0.2, 0.25) is 0 Å². The number of ether oxygens (including phenoxy) is 2. The number of carbonyl (C=O) groups is 3. The van der Waals surface area contributed by atoms with Gasteiger partial charge in [-0.25, -0.2) is 9.59 Å². The Labute approximate surface area is 132 Å². The van der Waals surface area contributed by atoms with E-state index in [4.69, 9.17) is 5.73 Å². The molecular weight excluding hydrogens is 298 g/mol. The Morgan fingerprint density at radius 1 is 0.826 bits per heavy atom. The third-order valence-electron chi connectivity index (χ3n) is 3.29. The van der Waals surface area contributed by atoms with Crippen molar-refractivity contribution in [1.82, 2.24) is 0 Å². The minimum atomic E-state index is -0.612. The minimum Gasteiger partial charge on any atom is -0.465 e. The fourth-order valence-corrected chi connectivity index (χ4v) is 2.13. The van der Waals surface area contributed by atoms with Crippen LogP contribution >= 0.6 is 0 Å². The molecule has 0 saturated heterocycles. The molecule has 2 rings (SSSR count). The SMILES string of the molecule is COC(=O)c1ccc(C(=O)c2ccccc2C(=O)OC)c(N)c1. The number of carbonyl (C=O) groups excluding carboxylic acids is 3. The van der Waals surface area contributed by atoms with Crippen LogP contribution in [0.15, 0.2) is 42.5 Å². The van der Waals surface area contributed by atoms with Crippen LogP contribution in [-0.4, -0.2) is 31.9 Å². The van der Waals surface area contributed by atoms with Crippen LogP contribution in [0.25, 0.3) is 0 Å². The summed E-state index contributed by atoms with van der Waals surface area (Å²) in [5.41, 5.74) is 6.74. The maximum absolute atomic E-state index is 12.7. The van der Waals surface area contributed by atoms with Gasteiger partial charge in [0, 0.05) is 16.8 Å². The van der Waals surface area contributed by atoms with Gasteiger partial charge in [-0.2, -0.15) is 0 Å². The molecule has 118 valence electrons. The van der Waals surface area contributed by atoms with Gasteiger partial charge in [0.25, 0.3) is 0 Å². The van der Waals surface area contributed by atoms with Gasteiger partial charge >= 0.3 is 11.9 Å². The Morgan fingerprint density at radius 3 is 2.00 bits per heavy atom. The number of methoxy groups -OCH3 is 2. The van der Waals surface area contributed by atoms with Crippen molar-refractivity contribution in [2.45, 2.75) is 0 Å². The number of ketones is 1. The number of nitrogens with two attached hydrogens (primary N) is 1. The molecule has 23 heavy (non-hydrogen) atoms. The summed E-state index contributed by atoms with van der Waals surface area (Å²) in [7, 11) is 2.49. The van der Waals surface area contributed by atoms with Crippen LogP contribution in [0, 0.1) is 0 Å². The number of hydrogen-bond donors (Lipinski definition) is 1. The zero-order chi connectivity index (χ0) is 17.0. The summed E-state index contributed by atoms with van der Waals surface area (Å²) >= 11 is 0. The van der Waals surface area contributed by atoms with E-state index in [1.807, 2.05) is 0 Å². The van der Waals surface area contributed by atoms with E-state index in [0.717, 1.165) is 0 Å². The Hall–Kier alpha value is -3.15. The lowest BCUT2D eigenvalue weighted by Gasteiger charge is -2.10. The van der Waals surface area contributed by atoms with Crippen LogP contribution in [0.3, 0.4) is 0 Å². The largest absolute Gasteiger partial charge is 0.465 e. The van der Waals surface area contributed by atoms with Crippen molar-refractivity contribution < 1.29 is 23.9 Å². The number of benzene rings is 2. The Bertz CT molecular complexity index is 782. The molecule has 0 fully saturated rings. The molecule has 0 amide bonds. The zero-order valence-corrected chi connectivity index (χ0v) is 12.7. The van der Waals surface area contributed by atoms with Gasteiger partial charge in [0.1, 0.15) is 0 Å². The first-order valence-corrected chi connectivity index (χ1v) is 6.69. The van der Waals surface area contributed by atoms with Gasteiger partial charge < -0.3 is 15.2 Å². The molecule has 0 spiro atoms. The van der Waals surface area contributed by atoms with E-state index in [0.29, 0.717) is 0 Å². The van der Waals surface area contributed by atoms with Crippen molar-refractivity contribution in [3.8, 4) is 0 Å². The fraction of sp³-hybridized carbons (Fsp3) is 0.118. The molecule has 0 aromatic heterocycles. The molecule has 0 unspecified atom stereocenters. The van der Waals surface area contributed by atoms with Crippen molar-refractivity contribution in [3.63, 3.8) is 0 Å².